The van der Waals surface area contributed by atoms with Crippen molar-refractivity contribution in [2.24, 2.45) is 11.7 Å². The second-order valence-electron chi connectivity index (χ2n) is 6.43. The van der Waals surface area contributed by atoms with Crippen molar-refractivity contribution in [2.45, 2.75) is 25.3 Å². The van der Waals surface area contributed by atoms with E-state index in [2.05, 4.69) is 20.9 Å². The summed E-state index contributed by atoms with van der Waals surface area (Å²) in [5, 5.41) is 9.10. The number of pyridine rings is 1. The SMILES string of the molecule is N#Cc1ccncc1OCC1CCN(C(CN)c2scnc2C(F)F)CC1. The van der Waals surface area contributed by atoms with Crippen LogP contribution in [0.3, 0.4) is 0 Å². The van der Waals surface area contributed by atoms with Gasteiger partial charge in [0.15, 0.2) is 5.75 Å². The molecular formula is C18H21F2N5OS. The molecule has 1 aliphatic heterocycles. The number of thiazole rings is 1. The third kappa shape index (κ3) is 4.58. The Balaban J connectivity index is 1.56. The smallest absolute Gasteiger partial charge is 0.281 e. The van der Waals surface area contributed by atoms with Crippen LogP contribution in [0.5, 0.6) is 5.75 Å². The zero-order valence-corrected chi connectivity index (χ0v) is 15.5. The van der Waals surface area contributed by atoms with Crippen molar-refractivity contribution in [3.05, 3.63) is 40.1 Å². The van der Waals surface area contributed by atoms with Gasteiger partial charge in [-0.2, -0.15) is 5.26 Å². The van der Waals surface area contributed by atoms with Gasteiger partial charge in [-0.1, -0.05) is 0 Å². The summed E-state index contributed by atoms with van der Waals surface area (Å²) < 4.78 is 32.1. The first-order valence-corrected chi connectivity index (χ1v) is 9.64. The molecule has 1 atom stereocenters. The van der Waals surface area contributed by atoms with Crippen LogP contribution in [0.2, 0.25) is 0 Å². The van der Waals surface area contributed by atoms with Crippen molar-refractivity contribution in [3.8, 4) is 11.8 Å². The van der Waals surface area contributed by atoms with Gasteiger partial charge >= 0.3 is 0 Å². The van der Waals surface area contributed by atoms with Gasteiger partial charge in [0.05, 0.1) is 34.8 Å². The quantitative estimate of drug-likeness (QED) is 0.778. The van der Waals surface area contributed by atoms with Crippen LogP contribution in [-0.4, -0.2) is 41.1 Å². The number of rotatable bonds is 7. The maximum absolute atomic E-state index is 13.2. The molecule has 1 saturated heterocycles. The van der Waals surface area contributed by atoms with E-state index in [4.69, 9.17) is 15.7 Å². The van der Waals surface area contributed by atoms with Crippen LogP contribution in [0.4, 0.5) is 8.78 Å². The summed E-state index contributed by atoms with van der Waals surface area (Å²) in [6, 6.07) is 3.48. The molecule has 2 aromatic rings. The number of hydrogen-bond acceptors (Lipinski definition) is 7. The maximum atomic E-state index is 13.2. The number of ether oxygens (including phenoxy) is 1. The number of nitrogens with two attached hydrogens (primary N) is 1. The van der Waals surface area contributed by atoms with Gasteiger partial charge in [0.2, 0.25) is 0 Å². The van der Waals surface area contributed by atoms with E-state index in [1.54, 1.807) is 18.5 Å². The minimum atomic E-state index is -2.58. The number of piperidine rings is 1. The lowest BCUT2D eigenvalue weighted by atomic mass is 9.96. The number of halogens is 2. The van der Waals surface area contributed by atoms with E-state index < -0.39 is 6.43 Å². The van der Waals surface area contributed by atoms with E-state index in [9.17, 15) is 8.78 Å². The zero-order valence-electron chi connectivity index (χ0n) is 14.7. The molecule has 0 bridgehead atoms. The van der Waals surface area contributed by atoms with Gasteiger partial charge in [0, 0.05) is 12.7 Å². The number of aromatic nitrogens is 2. The first-order valence-electron chi connectivity index (χ1n) is 8.76. The average molecular weight is 393 g/mol. The summed E-state index contributed by atoms with van der Waals surface area (Å²) in [4.78, 5) is 10.5. The highest BCUT2D eigenvalue weighted by Gasteiger charge is 2.30. The van der Waals surface area contributed by atoms with Crippen LogP contribution in [0.15, 0.2) is 24.0 Å². The number of nitriles is 1. The Labute approximate surface area is 160 Å². The topological polar surface area (TPSA) is 88.1 Å². The van der Waals surface area contributed by atoms with E-state index in [0.29, 0.717) is 28.7 Å². The van der Waals surface area contributed by atoms with E-state index in [0.717, 1.165) is 25.9 Å². The Morgan fingerprint density at radius 3 is 2.85 bits per heavy atom. The van der Waals surface area contributed by atoms with Crippen LogP contribution in [-0.2, 0) is 0 Å². The van der Waals surface area contributed by atoms with Crippen molar-refractivity contribution in [2.75, 3.05) is 26.2 Å². The molecule has 2 aromatic heterocycles. The molecular weight excluding hydrogens is 372 g/mol. The average Bonchev–Trinajstić information content (AvgIpc) is 3.18. The van der Waals surface area contributed by atoms with Gasteiger partial charge in [-0.3, -0.25) is 9.88 Å². The second-order valence-corrected chi connectivity index (χ2v) is 7.31. The Morgan fingerprint density at radius 1 is 1.41 bits per heavy atom. The van der Waals surface area contributed by atoms with E-state index in [1.165, 1.54) is 16.8 Å². The summed E-state index contributed by atoms with van der Waals surface area (Å²) in [6.45, 7) is 2.30. The van der Waals surface area contributed by atoms with Gasteiger partial charge < -0.3 is 10.5 Å². The van der Waals surface area contributed by atoms with Gasteiger partial charge in [-0.15, -0.1) is 11.3 Å². The summed E-state index contributed by atoms with van der Waals surface area (Å²) >= 11 is 1.24. The van der Waals surface area contributed by atoms with E-state index in [-0.39, 0.29) is 18.3 Å². The fraction of sp³-hybridized carbons (Fsp3) is 0.500. The van der Waals surface area contributed by atoms with Crippen molar-refractivity contribution in [3.63, 3.8) is 0 Å². The molecule has 0 aliphatic carbocycles. The van der Waals surface area contributed by atoms with E-state index in [1.807, 2.05) is 0 Å². The van der Waals surface area contributed by atoms with Gasteiger partial charge in [-0.25, -0.2) is 13.8 Å². The number of nitrogens with zero attached hydrogens (tertiary/aromatic N) is 4. The first kappa shape index (κ1) is 19.6. The highest BCUT2D eigenvalue weighted by molar-refractivity contribution is 7.09. The van der Waals surface area contributed by atoms with Crippen LogP contribution in [0.25, 0.3) is 0 Å². The molecule has 0 saturated carbocycles. The Bertz CT molecular complexity index is 786. The minimum absolute atomic E-state index is 0.151. The third-order valence-corrected chi connectivity index (χ3v) is 5.77. The van der Waals surface area contributed by atoms with Crippen LogP contribution >= 0.6 is 11.3 Å². The lowest BCUT2D eigenvalue weighted by Gasteiger charge is -2.36. The zero-order chi connectivity index (χ0) is 19.2. The highest BCUT2D eigenvalue weighted by Crippen LogP contribution is 2.34. The Hall–Kier alpha value is -2.15. The Kier molecular flexibility index (Phi) is 6.66. The summed E-state index contributed by atoms with van der Waals surface area (Å²) in [5.74, 6) is 0.830. The van der Waals surface area contributed by atoms with Crippen molar-refractivity contribution >= 4 is 11.3 Å². The molecule has 144 valence electrons. The third-order valence-electron chi connectivity index (χ3n) is 4.83. The predicted octanol–water partition coefficient (Wildman–Crippen LogP) is 3.14. The minimum Gasteiger partial charge on any atom is -0.490 e. The standard InChI is InChI=1S/C18H21F2N5OS/c19-18(20)16-17(27-11-24-16)14(8-22)25-5-2-12(3-6-25)10-26-15-9-23-4-1-13(15)7-21/h1,4,9,11-12,14,18H,2-3,5-6,8,10,22H2. The summed E-state index contributed by atoms with van der Waals surface area (Å²) in [5.41, 5.74) is 7.67. The molecule has 0 spiro atoms. The van der Waals surface area contributed by atoms with Gasteiger partial charge in [0.25, 0.3) is 6.43 Å². The van der Waals surface area contributed by atoms with Crippen molar-refractivity contribution in [1.29, 1.82) is 5.26 Å². The monoisotopic (exact) mass is 393 g/mol. The lowest BCUT2D eigenvalue weighted by molar-refractivity contribution is 0.105. The fourth-order valence-corrected chi connectivity index (χ4v) is 4.27. The molecule has 0 radical (unpaired) electrons. The molecule has 1 fully saturated rings. The van der Waals surface area contributed by atoms with Crippen LogP contribution in [0, 0.1) is 17.2 Å². The maximum Gasteiger partial charge on any atom is 0.281 e. The van der Waals surface area contributed by atoms with Crippen LogP contribution in [0.1, 0.15) is 41.4 Å². The van der Waals surface area contributed by atoms with Gasteiger partial charge in [0.1, 0.15) is 11.8 Å². The van der Waals surface area contributed by atoms with Crippen LogP contribution < -0.4 is 10.5 Å². The van der Waals surface area contributed by atoms with E-state index >= 15 is 0 Å². The van der Waals surface area contributed by atoms with Crippen molar-refractivity contribution < 1.29 is 13.5 Å². The molecule has 1 unspecified atom stereocenters. The summed E-state index contributed by atoms with van der Waals surface area (Å²) in [6.07, 6.45) is 2.28. The molecule has 3 heterocycles. The Morgan fingerprint density at radius 2 is 2.19 bits per heavy atom. The number of alkyl halides is 2. The molecule has 2 N–H and O–H groups in total. The number of hydrogen-bond donors (Lipinski definition) is 1. The molecule has 0 amide bonds. The largest absolute Gasteiger partial charge is 0.490 e. The normalized spacial score (nSPS) is 17.0. The molecule has 0 aromatic carbocycles. The molecule has 1 aliphatic rings. The number of likely N-dealkylation sites (tertiary alicyclic amines) is 1. The molecule has 6 nitrogen and oxygen atoms in total. The molecule has 9 heteroatoms. The fourth-order valence-electron chi connectivity index (χ4n) is 3.33. The first-order chi connectivity index (χ1) is 13.1. The molecule has 3 rings (SSSR count). The van der Waals surface area contributed by atoms with Crippen molar-refractivity contribution in [1.82, 2.24) is 14.9 Å². The summed E-state index contributed by atoms with van der Waals surface area (Å²) in [7, 11) is 0. The second kappa shape index (κ2) is 9.17. The highest BCUT2D eigenvalue weighted by atomic mass is 32.1. The molecule has 27 heavy (non-hydrogen) atoms. The lowest BCUT2D eigenvalue weighted by Crippen LogP contribution is -2.41. The van der Waals surface area contributed by atoms with Gasteiger partial charge in [-0.05, 0) is 37.9 Å². The predicted molar refractivity (Wildman–Crippen MR) is 97.6 cm³/mol.